The smallest absolute Gasteiger partial charge is 0.229 e. The van der Waals surface area contributed by atoms with Crippen LogP contribution in [0.15, 0.2) is 28.8 Å². The van der Waals surface area contributed by atoms with E-state index in [2.05, 4.69) is 10.1 Å². The van der Waals surface area contributed by atoms with E-state index in [1.54, 1.807) is 12.1 Å². The SMILES string of the molecule is CC(C)(C)C(O)Cc1nc(-c2cccc(Cl)c2)no1. The van der Waals surface area contributed by atoms with Crippen LogP contribution >= 0.6 is 11.6 Å². The predicted octanol–water partition coefficient (Wildman–Crippen LogP) is 3.34. The minimum Gasteiger partial charge on any atom is -0.392 e. The van der Waals surface area contributed by atoms with Crippen LogP contribution in [0.25, 0.3) is 11.4 Å². The highest BCUT2D eigenvalue weighted by Crippen LogP contribution is 2.24. The average molecular weight is 281 g/mol. The summed E-state index contributed by atoms with van der Waals surface area (Å²) in [5.41, 5.74) is 0.581. The number of halogens is 1. The molecule has 2 aromatic rings. The highest BCUT2D eigenvalue weighted by Gasteiger charge is 2.24. The molecule has 0 aliphatic carbocycles. The molecular weight excluding hydrogens is 264 g/mol. The molecule has 1 aromatic carbocycles. The van der Waals surface area contributed by atoms with E-state index in [1.165, 1.54) is 0 Å². The molecule has 0 aliphatic rings. The van der Waals surface area contributed by atoms with Crippen molar-refractivity contribution < 1.29 is 9.63 Å². The summed E-state index contributed by atoms with van der Waals surface area (Å²) in [6.45, 7) is 5.89. The average Bonchev–Trinajstić information content (AvgIpc) is 2.76. The molecule has 2 rings (SSSR count). The maximum atomic E-state index is 10.0. The molecule has 1 aromatic heterocycles. The van der Waals surface area contributed by atoms with Gasteiger partial charge < -0.3 is 9.63 Å². The van der Waals surface area contributed by atoms with Crippen molar-refractivity contribution >= 4 is 11.6 Å². The van der Waals surface area contributed by atoms with E-state index in [1.807, 2.05) is 32.9 Å². The van der Waals surface area contributed by atoms with Crippen molar-refractivity contribution in [2.75, 3.05) is 0 Å². The molecular formula is C14H17ClN2O2. The number of hydrogen-bond donors (Lipinski definition) is 1. The number of aliphatic hydroxyl groups excluding tert-OH is 1. The molecule has 1 heterocycles. The van der Waals surface area contributed by atoms with Gasteiger partial charge >= 0.3 is 0 Å². The first-order chi connectivity index (χ1) is 8.86. The summed E-state index contributed by atoms with van der Waals surface area (Å²) in [6, 6.07) is 7.25. The van der Waals surface area contributed by atoms with Crippen LogP contribution in [0.2, 0.25) is 5.02 Å². The van der Waals surface area contributed by atoms with Gasteiger partial charge in [0.2, 0.25) is 11.7 Å². The van der Waals surface area contributed by atoms with E-state index in [4.69, 9.17) is 16.1 Å². The van der Waals surface area contributed by atoms with Crippen molar-refractivity contribution in [3.63, 3.8) is 0 Å². The third-order valence-corrected chi connectivity index (χ3v) is 3.15. The van der Waals surface area contributed by atoms with Crippen LogP contribution in [0.5, 0.6) is 0 Å². The Morgan fingerprint density at radius 3 is 2.74 bits per heavy atom. The Hall–Kier alpha value is -1.39. The van der Waals surface area contributed by atoms with E-state index < -0.39 is 6.10 Å². The van der Waals surface area contributed by atoms with Crippen LogP contribution in [0.3, 0.4) is 0 Å². The second kappa shape index (κ2) is 5.31. The molecule has 0 spiro atoms. The molecule has 1 unspecified atom stereocenters. The van der Waals surface area contributed by atoms with Gasteiger partial charge in [0.1, 0.15) is 0 Å². The van der Waals surface area contributed by atoms with Crippen molar-refractivity contribution in [2.45, 2.75) is 33.3 Å². The van der Waals surface area contributed by atoms with Gasteiger partial charge in [0.25, 0.3) is 0 Å². The quantitative estimate of drug-likeness (QED) is 0.937. The molecule has 0 fully saturated rings. The number of aliphatic hydroxyl groups is 1. The molecule has 0 aliphatic heterocycles. The van der Waals surface area contributed by atoms with Crippen molar-refractivity contribution in [1.82, 2.24) is 10.1 Å². The van der Waals surface area contributed by atoms with Gasteiger partial charge in [-0.15, -0.1) is 0 Å². The van der Waals surface area contributed by atoms with Crippen LogP contribution < -0.4 is 0 Å². The Bertz CT molecular complexity index is 561. The highest BCUT2D eigenvalue weighted by molar-refractivity contribution is 6.30. The van der Waals surface area contributed by atoms with Crippen molar-refractivity contribution in [1.29, 1.82) is 0 Å². The van der Waals surface area contributed by atoms with Gasteiger partial charge in [-0.25, -0.2) is 0 Å². The topological polar surface area (TPSA) is 59.2 Å². The molecule has 5 heteroatoms. The van der Waals surface area contributed by atoms with Crippen molar-refractivity contribution in [3.8, 4) is 11.4 Å². The first kappa shape index (κ1) is 14.0. The summed E-state index contributed by atoms with van der Waals surface area (Å²) in [4.78, 5) is 4.28. The third-order valence-electron chi connectivity index (χ3n) is 2.92. The lowest BCUT2D eigenvalue weighted by Gasteiger charge is -2.24. The lowest BCUT2D eigenvalue weighted by molar-refractivity contribution is 0.0565. The molecule has 0 amide bonds. The molecule has 0 radical (unpaired) electrons. The molecule has 19 heavy (non-hydrogen) atoms. The predicted molar refractivity (Wildman–Crippen MR) is 73.9 cm³/mol. The highest BCUT2D eigenvalue weighted by atomic mass is 35.5. The maximum Gasteiger partial charge on any atom is 0.229 e. The number of nitrogens with zero attached hydrogens (tertiary/aromatic N) is 2. The van der Waals surface area contributed by atoms with Crippen LogP contribution in [0.1, 0.15) is 26.7 Å². The molecule has 0 saturated heterocycles. The Kier molecular flexibility index (Phi) is 3.92. The standard InChI is InChI=1S/C14H17ClN2O2/c1-14(2,3)11(18)8-12-16-13(17-19-12)9-5-4-6-10(15)7-9/h4-7,11,18H,8H2,1-3H3. The Labute approximate surface area is 117 Å². The first-order valence-electron chi connectivity index (χ1n) is 6.13. The first-order valence-corrected chi connectivity index (χ1v) is 6.50. The Morgan fingerprint density at radius 2 is 2.11 bits per heavy atom. The molecule has 0 bridgehead atoms. The Morgan fingerprint density at radius 1 is 1.37 bits per heavy atom. The van der Waals surface area contributed by atoms with Crippen LogP contribution in [0.4, 0.5) is 0 Å². The fourth-order valence-electron chi connectivity index (χ4n) is 1.55. The molecule has 0 saturated carbocycles. The van der Waals surface area contributed by atoms with E-state index in [0.29, 0.717) is 23.2 Å². The van der Waals surface area contributed by atoms with Crippen LogP contribution in [-0.4, -0.2) is 21.4 Å². The van der Waals surface area contributed by atoms with Crippen molar-refractivity contribution in [2.24, 2.45) is 5.41 Å². The normalized spacial score (nSPS) is 13.5. The monoisotopic (exact) mass is 280 g/mol. The van der Waals surface area contributed by atoms with Crippen LogP contribution in [-0.2, 0) is 6.42 Å². The summed E-state index contributed by atoms with van der Waals surface area (Å²) in [7, 11) is 0. The zero-order valence-electron chi connectivity index (χ0n) is 11.2. The molecule has 102 valence electrons. The van der Waals surface area contributed by atoms with Gasteiger partial charge in [-0.3, -0.25) is 0 Å². The lowest BCUT2D eigenvalue weighted by atomic mass is 9.87. The lowest BCUT2D eigenvalue weighted by Crippen LogP contribution is -2.28. The third kappa shape index (κ3) is 3.55. The molecule has 1 atom stereocenters. The summed E-state index contributed by atoms with van der Waals surface area (Å²) >= 11 is 5.92. The zero-order valence-corrected chi connectivity index (χ0v) is 12.0. The largest absolute Gasteiger partial charge is 0.392 e. The maximum absolute atomic E-state index is 10.0. The zero-order chi connectivity index (χ0) is 14.0. The van der Waals surface area contributed by atoms with Gasteiger partial charge in [-0.05, 0) is 17.5 Å². The fourth-order valence-corrected chi connectivity index (χ4v) is 1.74. The van der Waals surface area contributed by atoms with E-state index in [-0.39, 0.29) is 5.41 Å². The number of benzene rings is 1. The van der Waals surface area contributed by atoms with Gasteiger partial charge in [0.05, 0.1) is 12.5 Å². The Balaban J connectivity index is 2.16. The summed E-state index contributed by atoms with van der Waals surface area (Å²) in [5.74, 6) is 0.913. The number of hydrogen-bond acceptors (Lipinski definition) is 4. The van der Waals surface area contributed by atoms with E-state index in [9.17, 15) is 5.11 Å². The van der Waals surface area contributed by atoms with E-state index in [0.717, 1.165) is 5.56 Å². The second-order valence-corrected chi connectivity index (χ2v) is 6.04. The molecule has 1 N–H and O–H groups in total. The van der Waals surface area contributed by atoms with Gasteiger partial charge in [0.15, 0.2) is 0 Å². The molecule has 4 nitrogen and oxygen atoms in total. The van der Waals surface area contributed by atoms with Crippen molar-refractivity contribution in [3.05, 3.63) is 35.2 Å². The van der Waals surface area contributed by atoms with Gasteiger partial charge in [-0.1, -0.05) is 49.7 Å². The second-order valence-electron chi connectivity index (χ2n) is 5.61. The number of rotatable bonds is 3. The van der Waals surface area contributed by atoms with E-state index >= 15 is 0 Å². The van der Waals surface area contributed by atoms with Crippen LogP contribution in [0, 0.1) is 5.41 Å². The summed E-state index contributed by atoms with van der Waals surface area (Å²) in [6.07, 6.45) is -0.183. The summed E-state index contributed by atoms with van der Waals surface area (Å²) in [5, 5.41) is 14.5. The summed E-state index contributed by atoms with van der Waals surface area (Å²) < 4.78 is 5.16. The fraction of sp³-hybridized carbons (Fsp3) is 0.429. The van der Waals surface area contributed by atoms with Gasteiger partial charge in [-0.2, -0.15) is 4.98 Å². The minimum atomic E-state index is -0.528. The minimum absolute atomic E-state index is 0.218. The van der Waals surface area contributed by atoms with Gasteiger partial charge in [0, 0.05) is 10.6 Å². The number of aromatic nitrogens is 2.